The van der Waals surface area contributed by atoms with Crippen molar-refractivity contribution in [2.75, 3.05) is 48.8 Å². The van der Waals surface area contributed by atoms with Crippen LogP contribution >= 0.6 is 22.8 Å². The van der Waals surface area contributed by atoms with Crippen molar-refractivity contribution in [2.45, 2.75) is 46.5 Å². The molecule has 0 aliphatic heterocycles. The van der Waals surface area contributed by atoms with Crippen molar-refractivity contribution in [3.8, 4) is 12.3 Å². The number of aldehydes is 1. The van der Waals surface area contributed by atoms with Gasteiger partial charge < -0.3 is 53.1 Å². The number of Topliss-reactive ketones (excluding diaryl/α,β-unsaturated/α-hetero) is 3. The van der Waals surface area contributed by atoms with E-state index in [1.807, 2.05) is 0 Å². The zero-order valence-electron chi connectivity index (χ0n) is 30.1. The summed E-state index contributed by atoms with van der Waals surface area (Å²) in [5.74, 6) is 2.23. The molecule has 2 fully saturated rings. The van der Waals surface area contributed by atoms with Crippen molar-refractivity contribution in [1.82, 2.24) is 0 Å². The summed E-state index contributed by atoms with van der Waals surface area (Å²) in [5.41, 5.74) is 15.5. The predicted molar refractivity (Wildman–Crippen MR) is 172 cm³/mol. The molecular formula is C25H42K2N4O16P3. The molecule has 50 heavy (non-hydrogen) atoms. The monoisotopic (exact) mass is 825 g/mol. The molecule has 0 atom stereocenters. The Kier molecular flexibility index (Phi) is 44.9. The van der Waals surface area contributed by atoms with Crippen LogP contribution < -0.4 is 56.6 Å². The van der Waals surface area contributed by atoms with Crippen LogP contribution in [-0.4, -0.2) is 151 Å². The van der Waals surface area contributed by atoms with Crippen LogP contribution in [0.5, 0.6) is 0 Å². The molecule has 2 aliphatic rings. The van der Waals surface area contributed by atoms with Crippen LogP contribution in [0, 0.1) is 24.2 Å². The summed E-state index contributed by atoms with van der Waals surface area (Å²) in [6.07, 6.45) is 10.7. The first-order valence-corrected chi connectivity index (χ1v) is 17.9. The maximum atomic E-state index is 11.4. The molecule has 0 aromatic carbocycles. The number of ketones is 3. The third-order valence-electron chi connectivity index (χ3n) is 4.94. The normalized spacial score (nSPS) is 12.2. The second-order valence-corrected chi connectivity index (χ2v) is 15.2. The molecular weight excluding hydrogens is 783 g/mol. The Morgan fingerprint density at radius 1 is 0.780 bits per heavy atom. The van der Waals surface area contributed by atoms with Crippen molar-refractivity contribution >= 4 is 115 Å². The number of carbonyl (C=O) groups excluding carboxylic acids is 5. The summed E-state index contributed by atoms with van der Waals surface area (Å²) in [7, 11) is -3.58. The maximum absolute atomic E-state index is 11.4. The van der Waals surface area contributed by atoms with Gasteiger partial charge in [-0.15, -0.1) is 12.3 Å². The minimum absolute atomic E-state index is 0. The average Bonchev–Trinajstić information content (AvgIpc) is 4.00. The molecule has 0 saturated heterocycles. The van der Waals surface area contributed by atoms with Crippen molar-refractivity contribution in [3.05, 3.63) is 11.1 Å². The van der Waals surface area contributed by atoms with Gasteiger partial charge in [0.15, 0.2) is 0 Å². The molecule has 0 aromatic heterocycles. The van der Waals surface area contributed by atoms with Crippen molar-refractivity contribution in [1.29, 1.82) is 0 Å². The topological polar surface area (TPSA) is 297 Å². The molecule has 2 aliphatic carbocycles. The quantitative estimate of drug-likeness (QED) is 0.0236. The molecule has 25 heteroatoms. The summed E-state index contributed by atoms with van der Waals surface area (Å²) in [6, 6.07) is 0. The number of rotatable bonds is 14. The largest absolute Gasteiger partial charge is 1.00 e. The molecule has 0 aromatic rings. The first-order valence-electron chi connectivity index (χ1n) is 13.1. The Balaban J connectivity index is -0.000000120. The molecule has 1 radical (unpaired) electrons. The fraction of sp³-hybridized carbons (Fsp3) is 0.640. The molecule has 0 heterocycles. The molecule has 2 saturated carbocycles. The van der Waals surface area contributed by atoms with E-state index in [1.54, 1.807) is 0 Å². The molecule has 0 bridgehead atoms. The molecule has 275 valence electrons. The van der Waals surface area contributed by atoms with Gasteiger partial charge in [-0.3, -0.25) is 23.7 Å². The van der Waals surface area contributed by atoms with Gasteiger partial charge >= 0.3 is 85.1 Å². The van der Waals surface area contributed by atoms with Crippen LogP contribution in [0.2, 0.25) is 0 Å². The van der Waals surface area contributed by atoms with E-state index in [0.717, 1.165) is 61.4 Å². The van der Waals surface area contributed by atoms with E-state index >= 15 is 0 Å². The molecule has 20 nitrogen and oxygen atoms in total. The summed E-state index contributed by atoms with van der Waals surface area (Å²) >= 11 is 0. The van der Waals surface area contributed by atoms with Crippen molar-refractivity contribution in [2.24, 2.45) is 11.8 Å². The second-order valence-electron chi connectivity index (χ2n) is 8.63. The molecule has 2 rings (SSSR count). The third-order valence-corrected chi connectivity index (χ3v) is 10.7. The van der Waals surface area contributed by atoms with Crippen LogP contribution in [0.25, 0.3) is 11.1 Å². The summed E-state index contributed by atoms with van der Waals surface area (Å²) < 4.78 is 60.5. The molecule has 0 unspecified atom stereocenters. The van der Waals surface area contributed by atoms with Gasteiger partial charge in [-0.05, 0) is 32.6 Å². The number of hydrogen-bond donors (Lipinski definition) is 0. The van der Waals surface area contributed by atoms with E-state index in [0.29, 0.717) is 11.8 Å². The minimum Gasteiger partial charge on any atom is -0.662 e. The van der Waals surface area contributed by atoms with Gasteiger partial charge in [0.1, 0.15) is 18.2 Å². The van der Waals surface area contributed by atoms with Crippen molar-refractivity contribution < 1.29 is 136 Å². The van der Waals surface area contributed by atoms with Crippen LogP contribution in [-0.2, 0) is 69.7 Å². The Hall–Kier alpha value is 0.153. The zero-order chi connectivity index (χ0) is 38.6. The zero-order valence-corrected chi connectivity index (χ0v) is 39.0. The van der Waals surface area contributed by atoms with E-state index in [4.69, 9.17) is 27.5 Å². The van der Waals surface area contributed by atoms with E-state index in [2.05, 4.69) is 47.5 Å². The molecule has 0 N–H and O–H groups in total. The van der Waals surface area contributed by atoms with Gasteiger partial charge in [-0.1, -0.05) is 0 Å². The summed E-state index contributed by atoms with van der Waals surface area (Å²) in [5, 5.41) is 8.43. The minimum atomic E-state index is -3.70. The van der Waals surface area contributed by atoms with Gasteiger partial charge in [-0.25, -0.2) is 9.13 Å². The molecule has 0 amide bonds. The Labute approximate surface area is 376 Å². The fourth-order valence-electron chi connectivity index (χ4n) is 2.09. The van der Waals surface area contributed by atoms with Gasteiger partial charge in [0, 0.05) is 120 Å². The first-order chi connectivity index (χ1) is 22.3. The van der Waals surface area contributed by atoms with Crippen molar-refractivity contribution in [3.63, 3.8) is 0 Å². The maximum Gasteiger partial charge on any atom is 1.00 e. The van der Waals surface area contributed by atoms with Crippen LogP contribution in [0.3, 0.4) is 0 Å². The van der Waals surface area contributed by atoms with Crippen LogP contribution in [0.15, 0.2) is 0 Å². The fourth-order valence-corrected chi connectivity index (χ4v) is 5.02. The van der Waals surface area contributed by atoms with Crippen LogP contribution in [0.1, 0.15) is 46.5 Å². The Morgan fingerprint density at radius 3 is 1.14 bits per heavy atom. The smallest absolute Gasteiger partial charge is 0.662 e. The van der Waals surface area contributed by atoms with Crippen LogP contribution in [0.4, 0.5) is 0 Å². The first kappa shape index (κ1) is 62.2. The number of carbonyl (C=O) groups is 5. The SMILES string of the molecule is C#CC1CC1.COP(=O)(CC(C)=O)OC.COP(=O)(OC)C(=[N+]=[N-])C(C)=O.COP(=O)(OC)C(=[N+]=[N-])C(C)=O.O=CC1CC1.O=CO[O-].[K+].[K]. The van der Waals surface area contributed by atoms with Gasteiger partial charge in [0.05, 0.1) is 0 Å². The van der Waals surface area contributed by atoms with Gasteiger partial charge in [0.2, 0.25) is 11.6 Å². The standard InChI is InChI=1S/2C5H9N2O4P.C5H11O4P.C5H6.C4H6O.CH2O3.2K/c2*1-4(8)5(7-6)12(9,10-2)11-3;1-5(6)4-10(7,8-2)9-3;1-2-5-3-4-5;5-3-4-1-2-4;2-1-4-3;;/h2*1-3H3;4H2,1-3H3;1,5H,3-4H2;3-4H,1-2H2;1,3H;;/q;;;;;;;+1/p-1. The summed E-state index contributed by atoms with van der Waals surface area (Å²) in [4.78, 5) is 57.8. The predicted octanol–water partition coefficient (Wildman–Crippen LogP) is -0.877. The van der Waals surface area contributed by atoms with E-state index in [9.17, 15) is 32.9 Å². The average molecular weight is 826 g/mol. The number of nitrogens with zero attached hydrogens (tertiary/aromatic N) is 4. The number of terminal acetylenes is 1. The summed E-state index contributed by atoms with van der Waals surface area (Å²) in [6.45, 7) is 3.35. The van der Waals surface area contributed by atoms with Gasteiger partial charge in [0.25, 0.3) is 6.47 Å². The van der Waals surface area contributed by atoms with Gasteiger partial charge in [-0.2, -0.15) is 9.58 Å². The third kappa shape index (κ3) is 31.7. The molecule has 0 spiro atoms. The van der Waals surface area contributed by atoms with E-state index < -0.39 is 45.3 Å². The Bertz CT molecular complexity index is 1260. The number of hydrogen-bond acceptors (Lipinski definition) is 16. The van der Waals surface area contributed by atoms with E-state index in [1.165, 1.54) is 34.0 Å². The second kappa shape index (κ2) is 36.1. The Morgan fingerprint density at radius 2 is 1.10 bits per heavy atom. The van der Waals surface area contributed by atoms with E-state index in [-0.39, 0.29) is 121 Å².